The summed E-state index contributed by atoms with van der Waals surface area (Å²) in [7, 11) is 1.97. The molecular formula is C25H29FN4O3. The van der Waals surface area contributed by atoms with Crippen molar-refractivity contribution in [3.8, 4) is 16.9 Å². The van der Waals surface area contributed by atoms with Gasteiger partial charge < -0.3 is 10.1 Å². The lowest BCUT2D eigenvalue weighted by molar-refractivity contribution is -0.123. The highest BCUT2D eigenvalue weighted by Crippen LogP contribution is 2.28. The molecule has 33 heavy (non-hydrogen) atoms. The van der Waals surface area contributed by atoms with Crippen LogP contribution < -0.4 is 10.1 Å². The number of carbonyl (C=O) groups excluding carboxylic acids is 1. The van der Waals surface area contributed by atoms with E-state index in [9.17, 15) is 9.18 Å². The number of rotatable bonds is 9. The van der Waals surface area contributed by atoms with Crippen molar-refractivity contribution in [2.45, 2.75) is 51.7 Å². The fourth-order valence-electron chi connectivity index (χ4n) is 4.14. The Kier molecular flexibility index (Phi) is 7.34. The Bertz CT molecular complexity index is 1080. The van der Waals surface area contributed by atoms with Crippen molar-refractivity contribution < 1.29 is 18.6 Å². The van der Waals surface area contributed by atoms with Crippen LogP contribution in [0.15, 0.2) is 47.1 Å². The zero-order valence-corrected chi connectivity index (χ0v) is 19.0. The monoisotopic (exact) mass is 452 g/mol. The maximum atomic E-state index is 13.4. The van der Waals surface area contributed by atoms with Crippen molar-refractivity contribution in [2.24, 2.45) is 0 Å². The van der Waals surface area contributed by atoms with E-state index in [4.69, 9.17) is 9.37 Å². The first-order valence-corrected chi connectivity index (χ1v) is 11.3. The van der Waals surface area contributed by atoms with E-state index in [1.165, 1.54) is 12.1 Å². The number of nitrogens with zero attached hydrogens (tertiary/aromatic N) is 3. The lowest BCUT2D eigenvalue weighted by Crippen LogP contribution is -2.36. The second-order valence-corrected chi connectivity index (χ2v) is 8.64. The number of aryl methyl sites for hydroxylation is 1. The molecule has 1 aromatic heterocycles. The SMILES string of the molecule is Cc1nonc1CN(C)Cc1cc(-c2ccc(F)cc2)ccc1OCC(=O)NC1CCCC1. The molecule has 174 valence electrons. The zero-order chi connectivity index (χ0) is 23.2. The third-order valence-corrected chi connectivity index (χ3v) is 5.92. The van der Waals surface area contributed by atoms with Gasteiger partial charge in [-0.05, 0) is 62.2 Å². The first kappa shape index (κ1) is 22.9. The molecule has 0 radical (unpaired) electrons. The van der Waals surface area contributed by atoms with Crippen molar-refractivity contribution in [1.82, 2.24) is 20.5 Å². The van der Waals surface area contributed by atoms with Gasteiger partial charge in [0.1, 0.15) is 23.0 Å². The largest absolute Gasteiger partial charge is 0.483 e. The smallest absolute Gasteiger partial charge is 0.258 e. The Morgan fingerprint density at radius 2 is 1.85 bits per heavy atom. The van der Waals surface area contributed by atoms with E-state index in [1.54, 1.807) is 12.1 Å². The quantitative estimate of drug-likeness (QED) is 0.523. The second-order valence-electron chi connectivity index (χ2n) is 8.64. The highest BCUT2D eigenvalue weighted by Gasteiger charge is 2.18. The van der Waals surface area contributed by atoms with Crippen molar-refractivity contribution >= 4 is 5.91 Å². The van der Waals surface area contributed by atoms with Crippen molar-refractivity contribution in [3.63, 3.8) is 0 Å². The predicted molar refractivity (Wildman–Crippen MR) is 122 cm³/mol. The van der Waals surface area contributed by atoms with Crippen LogP contribution in [0.1, 0.15) is 42.6 Å². The average molecular weight is 453 g/mol. The highest BCUT2D eigenvalue weighted by atomic mass is 19.1. The molecule has 8 heteroatoms. The molecular weight excluding hydrogens is 423 g/mol. The number of halogens is 1. The van der Waals surface area contributed by atoms with E-state index < -0.39 is 0 Å². The molecule has 1 saturated carbocycles. The van der Waals surface area contributed by atoms with E-state index >= 15 is 0 Å². The van der Waals surface area contributed by atoms with Gasteiger partial charge in [-0.25, -0.2) is 9.02 Å². The summed E-state index contributed by atoms with van der Waals surface area (Å²) < 4.78 is 24.1. The number of aromatic nitrogens is 2. The molecule has 7 nitrogen and oxygen atoms in total. The first-order chi connectivity index (χ1) is 16.0. The number of benzene rings is 2. The highest BCUT2D eigenvalue weighted by molar-refractivity contribution is 5.78. The Morgan fingerprint density at radius 3 is 2.55 bits per heavy atom. The zero-order valence-electron chi connectivity index (χ0n) is 19.0. The van der Waals surface area contributed by atoms with Gasteiger partial charge in [0.2, 0.25) is 0 Å². The van der Waals surface area contributed by atoms with Crippen LogP contribution in [0.3, 0.4) is 0 Å². The van der Waals surface area contributed by atoms with E-state index in [0.717, 1.165) is 53.8 Å². The number of hydrogen-bond acceptors (Lipinski definition) is 6. The molecule has 0 aliphatic heterocycles. The van der Waals surface area contributed by atoms with E-state index in [0.29, 0.717) is 18.8 Å². The van der Waals surface area contributed by atoms with E-state index in [1.807, 2.05) is 32.2 Å². The van der Waals surface area contributed by atoms with Crippen LogP contribution in [0.5, 0.6) is 5.75 Å². The lowest BCUT2D eigenvalue weighted by Gasteiger charge is -2.19. The standard InChI is InChI=1S/C25H29FN4O3/c1-17-23(29-33-28-17)15-30(2)14-20-13-19(18-7-10-21(26)11-8-18)9-12-24(20)32-16-25(31)27-22-5-3-4-6-22/h7-13,22H,3-6,14-16H2,1-2H3,(H,27,31). The summed E-state index contributed by atoms with van der Waals surface area (Å²) in [5, 5.41) is 10.8. The first-order valence-electron chi connectivity index (χ1n) is 11.3. The fraction of sp³-hybridized carbons (Fsp3) is 0.400. The van der Waals surface area contributed by atoms with Crippen LogP contribution in [0.4, 0.5) is 4.39 Å². The van der Waals surface area contributed by atoms with Crippen molar-refractivity contribution in [2.75, 3.05) is 13.7 Å². The molecule has 4 rings (SSSR count). The summed E-state index contributed by atoms with van der Waals surface area (Å²) in [5.41, 5.74) is 4.29. The molecule has 3 aromatic rings. The molecule has 1 aliphatic carbocycles. The fourth-order valence-corrected chi connectivity index (χ4v) is 4.14. The van der Waals surface area contributed by atoms with Crippen LogP contribution in [0.2, 0.25) is 0 Å². The summed E-state index contributed by atoms with van der Waals surface area (Å²) in [6.45, 7) is 2.93. The third kappa shape index (κ3) is 6.16. The Labute approximate surface area is 192 Å². The number of hydrogen-bond donors (Lipinski definition) is 1. The summed E-state index contributed by atoms with van der Waals surface area (Å²) in [5.74, 6) is 0.265. The van der Waals surface area contributed by atoms with Gasteiger partial charge in [-0.3, -0.25) is 9.69 Å². The van der Waals surface area contributed by atoms with E-state index in [-0.39, 0.29) is 24.4 Å². The Morgan fingerprint density at radius 1 is 1.12 bits per heavy atom. The maximum Gasteiger partial charge on any atom is 0.258 e. The molecule has 0 unspecified atom stereocenters. The second kappa shape index (κ2) is 10.6. The molecule has 0 bridgehead atoms. The number of ether oxygens (including phenoxy) is 1. The molecule has 0 atom stereocenters. The molecule has 1 aliphatic rings. The maximum absolute atomic E-state index is 13.4. The molecule has 1 N–H and O–H groups in total. The van der Waals surface area contributed by atoms with Gasteiger partial charge in [0.25, 0.3) is 5.91 Å². The van der Waals surface area contributed by atoms with Gasteiger partial charge in [0.05, 0.1) is 0 Å². The minimum absolute atomic E-state index is 0.0323. The Hall–Kier alpha value is -3.26. The summed E-state index contributed by atoms with van der Waals surface area (Å²) in [6, 6.07) is 12.4. The van der Waals surface area contributed by atoms with E-state index in [2.05, 4.69) is 20.5 Å². The van der Waals surface area contributed by atoms with Gasteiger partial charge in [-0.15, -0.1) is 0 Å². The predicted octanol–water partition coefficient (Wildman–Crippen LogP) is 4.25. The van der Waals surface area contributed by atoms with Gasteiger partial charge in [0.15, 0.2) is 6.61 Å². The number of amides is 1. The minimum Gasteiger partial charge on any atom is -0.483 e. The average Bonchev–Trinajstić information content (AvgIpc) is 3.45. The van der Waals surface area contributed by atoms with Gasteiger partial charge in [0, 0.05) is 24.7 Å². The number of nitrogens with one attached hydrogen (secondary N) is 1. The number of carbonyl (C=O) groups is 1. The third-order valence-electron chi connectivity index (χ3n) is 5.92. The minimum atomic E-state index is -0.275. The van der Waals surface area contributed by atoms with Crippen LogP contribution >= 0.6 is 0 Å². The van der Waals surface area contributed by atoms with Gasteiger partial charge in [-0.2, -0.15) is 0 Å². The molecule has 1 heterocycles. The molecule has 0 saturated heterocycles. The molecule has 0 spiro atoms. The summed E-state index contributed by atoms with van der Waals surface area (Å²) in [6.07, 6.45) is 4.39. The molecule has 1 amide bonds. The molecule has 2 aromatic carbocycles. The van der Waals surface area contributed by atoms with Crippen molar-refractivity contribution in [3.05, 3.63) is 65.2 Å². The normalized spacial score (nSPS) is 14.1. The van der Waals surface area contributed by atoms with Crippen LogP contribution in [0.25, 0.3) is 11.1 Å². The lowest BCUT2D eigenvalue weighted by atomic mass is 10.0. The topological polar surface area (TPSA) is 80.5 Å². The van der Waals surface area contributed by atoms with Crippen LogP contribution in [0, 0.1) is 12.7 Å². The van der Waals surface area contributed by atoms with Crippen LogP contribution in [-0.4, -0.2) is 40.8 Å². The molecule has 1 fully saturated rings. The van der Waals surface area contributed by atoms with Gasteiger partial charge >= 0.3 is 0 Å². The van der Waals surface area contributed by atoms with Gasteiger partial charge in [-0.1, -0.05) is 41.4 Å². The van der Waals surface area contributed by atoms with Crippen molar-refractivity contribution in [1.29, 1.82) is 0 Å². The van der Waals surface area contributed by atoms with Crippen LogP contribution in [-0.2, 0) is 17.9 Å². The summed E-state index contributed by atoms with van der Waals surface area (Å²) >= 11 is 0. The summed E-state index contributed by atoms with van der Waals surface area (Å²) in [4.78, 5) is 14.4. The Balaban J connectivity index is 1.50.